The van der Waals surface area contributed by atoms with Gasteiger partial charge in [-0.3, -0.25) is 9.59 Å². The van der Waals surface area contributed by atoms with Gasteiger partial charge in [0.05, 0.1) is 0 Å². The van der Waals surface area contributed by atoms with E-state index in [1.807, 2.05) is 81.4 Å². The van der Waals surface area contributed by atoms with E-state index in [0.29, 0.717) is 24.8 Å². The zero-order valence-electron chi connectivity index (χ0n) is 22.6. The highest BCUT2D eigenvalue weighted by atomic mass is 16.3. The zero-order valence-corrected chi connectivity index (χ0v) is 22.6. The van der Waals surface area contributed by atoms with Gasteiger partial charge in [-0.1, -0.05) is 100.0 Å². The molecule has 0 saturated carbocycles. The van der Waals surface area contributed by atoms with Crippen molar-refractivity contribution in [1.29, 1.82) is 0 Å². The Morgan fingerprint density at radius 3 is 1.95 bits per heavy atom. The van der Waals surface area contributed by atoms with Crippen LogP contribution in [0.2, 0.25) is 0 Å². The van der Waals surface area contributed by atoms with E-state index in [4.69, 9.17) is 0 Å². The van der Waals surface area contributed by atoms with Crippen molar-refractivity contribution >= 4 is 11.8 Å². The van der Waals surface area contributed by atoms with Crippen molar-refractivity contribution in [2.24, 2.45) is 5.92 Å². The molecular weight excluding hydrogens is 476 g/mol. The van der Waals surface area contributed by atoms with Crippen LogP contribution in [-0.2, 0) is 16.0 Å². The van der Waals surface area contributed by atoms with Crippen LogP contribution in [-0.4, -0.2) is 34.1 Å². The Balaban J connectivity index is 1.69. The van der Waals surface area contributed by atoms with Gasteiger partial charge in [0, 0.05) is 18.4 Å². The first kappa shape index (κ1) is 28.8. The first-order valence-electron chi connectivity index (χ1n) is 13.5. The van der Waals surface area contributed by atoms with Gasteiger partial charge in [0.25, 0.3) is 0 Å². The molecule has 3 aromatic carbocycles. The lowest BCUT2D eigenvalue weighted by molar-refractivity contribution is -0.130. The van der Waals surface area contributed by atoms with Crippen molar-refractivity contribution in [2.75, 3.05) is 0 Å². The molecule has 0 aliphatic rings. The number of aromatic hydroxyl groups is 2. The molecule has 0 aromatic heterocycles. The van der Waals surface area contributed by atoms with Gasteiger partial charge in [-0.15, -0.1) is 0 Å². The predicted molar refractivity (Wildman–Crippen MR) is 151 cm³/mol. The molecule has 4 N–H and O–H groups in total. The average Bonchev–Trinajstić information content (AvgIpc) is 2.95. The molecule has 38 heavy (non-hydrogen) atoms. The van der Waals surface area contributed by atoms with Crippen LogP contribution in [0.4, 0.5) is 0 Å². The summed E-state index contributed by atoms with van der Waals surface area (Å²) < 4.78 is 0. The Morgan fingerprint density at radius 2 is 1.39 bits per heavy atom. The molecule has 0 radical (unpaired) electrons. The summed E-state index contributed by atoms with van der Waals surface area (Å²) in [5, 5.41) is 26.0. The maximum atomic E-state index is 13.4. The van der Waals surface area contributed by atoms with E-state index in [1.54, 1.807) is 12.1 Å². The molecular formula is C32H40N2O4. The lowest BCUT2D eigenvalue weighted by Crippen LogP contribution is -2.52. The molecule has 0 fully saturated rings. The van der Waals surface area contributed by atoms with Gasteiger partial charge in [0.1, 0.15) is 6.04 Å². The van der Waals surface area contributed by atoms with E-state index < -0.39 is 6.04 Å². The maximum absolute atomic E-state index is 13.4. The molecule has 0 bridgehead atoms. The van der Waals surface area contributed by atoms with Crippen LogP contribution in [0.1, 0.15) is 69.1 Å². The van der Waals surface area contributed by atoms with E-state index in [0.717, 1.165) is 17.5 Å². The number of carbonyl (C=O) groups is 2. The highest BCUT2D eigenvalue weighted by Crippen LogP contribution is 2.30. The van der Waals surface area contributed by atoms with Crippen molar-refractivity contribution in [3.8, 4) is 11.5 Å². The van der Waals surface area contributed by atoms with Crippen molar-refractivity contribution < 1.29 is 19.8 Å². The van der Waals surface area contributed by atoms with E-state index in [-0.39, 0.29) is 47.6 Å². The van der Waals surface area contributed by atoms with Crippen LogP contribution in [0.5, 0.6) is 11.5 Å². The van der Waals surface area contributed by atoms with Gasteiger partial charge < -0.3 is 20.8 Å². The standard InChI is InChI=1S/C32H40N2O4/c1-4-22(3)30(32(38)33-26(5-2)20-19-25-17-12-18-28(35)31(25)37)34-29(36)21-27(23-13-8-6-9-14-23)24-15-10-7-11-16-24/h6-18,22,26-27,30,35,37H,4-5,19-21H2,1-3H3,(H,33,38)(H,34,36)/t22?,26?,30-/m0/s1. The first-order valence-corrected chi connectivity index (χ1v) is 13.5. The monoisotopic (exact) mass is 516 g/mol. The third-order valence-corrected chi connectivity index (χ3v) is 7.30. The molecule has 0 saturated heterocycles. The minimum Gasteiger partial charge on any atom is -0.504 e. The van der Waals surface area contributed by atoms with Gasteiger partial charge in [0.2, 0.25) is 11.8 Å². The minimum absolute atomic E-state index is 0.0431. The summed E-state index contributed by atoms with van der Waals surface area (Å²) in [6, 6.07) is 24.0. The first-order chi connectivity index (χ1) is 18.3. The van der Waals surface area contributed by atoms with Crippen LogP contribution < -0.4 is 10.6 Å². The van der Waals surface area contributed by atoms with E-state index in [1.165, 1.54) is 6.07 Å². The molecule has 202 valence electrons. The number of amides is 2. The summed E-state index contributed by atoms with van der Waals surface area (Å²) in [5.41, 5.74) is 2.75. The van der Waals surface area contributed by atoms with Gasteiger partial charge in [0.15, 0.2) is 11.5 Å². The number of rotatable bonds is 13. The summed E-state index contributed by atoms with van der Waals surface area (Å²) in [7, 11) is 0. The van der Waals surface area contributed by atoms with Crippen LogP contribution >= 0.6 is 0 Å². The van der Waals surface area contributed by atoms with Crippen LogP contribution in [0.3, 0.4) is 0 Å². The third-order valence-electron chi connectivity index (χ3n) is 7.30. The molecule has 2 amide bonds. The Kier molecular flexibility index (Phi) is 10.8. The van der Waals surface area contributed by atoms with Crippen LogP contribution in [0.25, 0.3) is 0 Å². The molecule has 3 atom stereocenters. The number of para-hydroxylation sites is 1. The molecule has 0 heterocycles. The fourth-order valence-corrected chi connectivity index (χ4v) is 4.70. The molecule has 2 unspecified atom stereocenters. The second-order valence-corrected chi connectivity index (χ2v) is 9.95. The topological polar surface area (TPSA) is 98.7 Å². The average molecular weight is 517 g/mol. The van der Waals surface area contributed by atoms with Crippen molar-refractivity contribution in [2.45, 2.75) is 70.9 Å². The molecule has 0 spiro atoms. The largest absolute Gasteiger partial charge is 0.504 e. The Hall–Kier alpha value is -3.80. The van der Waals surface area contributed by atoms with E-state index in [2.05, 4.69) is 10.6 Å². The van der Waals surface area contributed by atoms with Crippen molar-refractivity contribution in [1.82, 2.24) is 10.6 Å². The van der Waals surface area contributed by atoms with Gasteiger partial charge in [-0.05, 0) is 47.9 Å². The summed E-state index contributed by atoms with van der Waals surface area (Å²) in [6.45, 7) is 5.98. The van der Waals surface area contributed by atoms with Crippen LogP contribution in [0, 0.1) is 5.92 Å². The number of hydrogen-bond acceptors (Lipinski definition) is 4. The number of hydrogen-bond donors (Lipinski definition) is 4. The van der Waals surface area contributed by atoms with Gasteiger partial charge >= 0.3 is 0 Å². The van der Waals surface area contributed by atoms with Crippen LogP contribution in [0.15, 0.2) is 78.9 Å². The molecule has 3 rings (SSSR count). The fourth-order valence-electron chi connectivity index (χ4n) is 4.70. The summed E-state index contributed by atoms with van der Waals surface area (Å²) in [6.07, 6.45) is 2.80. The zero-order chi connectivity index (χ0) is 27.5. The summed E-state index contributed by atoms with van der Waals surface area (Å²) in [4.78, 5) is 26.7. The number of carbonyl (C=O) groups excluding carboxylic acids is 2. The quantitative estimate of drug-likeness (QED) is 0.220. The van der Waals surface area contributed by atoms with Crippen molar-refractivity contribution in [3.63, 3.8) is 0 Å². The lowest BCUT2D eigenvalue weighted by atomic mass is 9.88. The Morgan fingerprint density at radius 1 is 0.789 bits per heavy atom. The second-order valence-electron chi connectivity index (χ2n) is 9.95. The van der Waals surface area contributed by atoms with Gasteiger partial charge in [-0.2, -0.15) is 0 Å². The summed E-state index contributed by atoms with van der Waals surface area (Å²) >= 11 is 0. The molecule has 0 aliphatic heterocycles. The highest BCUT2D eigenvalue weighted by molar-refractivity contribution is 5.88. The maximum Gasteiger partial charge on any atom is 0.243 e. The third kappa shape index (κ3) is 7.85. The number of aryl methyl sites for hydroxylation is 1. The number of phenolic OH excluding ortho intramolecular Hbond substituents is 2. The summed E-state index contributed by atoms with van der Waals surface area (Å²) in [5.74, 6) is -0.792. The highest BCUT2D eigenvalue weighted by Gasteiger charge is 2.29. The Bertz CT molecular complexity index is 1130. The smallest absolute Gasteiger partial charge is 0.243 e. The predicted octanol–water partition coefficient (Wildman–Crippen LogP) is 5.68. The van der Waals surface area contributed by atoms with Gasteiger partial charge in [-0.25, -0.2) is 0 Å². The molecule has 6 heteroatoms. The molecule has 3 aromatic rings. The molecule has 0 aliphatic carbocycles. The number of phenols is 2. The van der Waals surface area contributed by atoms with E-state index >= 15 is 0 Å². The second kappa shape index (κ2) is 14.2. The van der Waals surface area contributed by atoms with E-state index in [9.17, 15) is 19.8 Å². The number of nitrogens with one attached hydrogen (secondary N) is 2. The fraction of sp³-hybridized carbons (Fsp3) is 0.375. The lowest BCUT2D eigenvalue weighted by Gasteiger charge is -2.27. The SMILES string of the molecule is CCC(CCc1cccc(O)c1O)NC(=O)[C@@H](NC(=O)CC(c1ccccc1)c1ccccc1)C(C)CC. The Labute approximate surface area is 226 Å². The molecule has 6 nitrogen and oxygen atoms in total. The van der Waals surface area contributed by atoms with Crippen molar-refractivity contribution in [3.05, 3.63) is 95.6 Å². The minimum atomic E-state index is -0.650. The normalized spacial score (nSPS) is 13.5. The number of benzene rings is 3.